The molecule has 2 N–H and O–H groups in total. The van der Waals surface area contributed by atoms with Gasteiger partial charge in [-0.05, 0) is 12.3 Å². The molecule has 1 aliphatic heterocycles. The minimum absolute atomic E-state index is 0.326. The van der Waals surface area contributed by atoms with Gasteiger partial charge in [-0.25, -0.2) is 0 Å². The monoisotopic (exact) mass is 132 g/mol. The Kier molecular flexibility index (Phi) is 1.75. The highest BCUT2D eigenvalue weighted by Gasteiger charge is 2.30. The number of hydrogen-bond donors (Lipinski definition) is 2. The van der Waals surface area contributed by atoms with E-state index in [1.807, 2.05) is 6.92 Å². The van der Waals surface area contributed by atoms with E-state index >= 15 is 0 Å². The zero-order chi connectivity index (χ0) is 6.91. The Labute approximate surface area is 54.3 Å². The fraction of sp³-hybridized carbons (Fsp3) is 1.00. The lowest BCUT2D eigenvalue weighted by atomic mass is 10.0. The molecule has 1 fully saturated rings. The van der Waals surface area contributed by atoms with E-state index < -0.39 is 5.97 Å². The first kappa shape index (κ1) is 6.99. The van der Waals surface area contributed by atoms with Crippen LogP contribution in [0.4, 0.5) is 0 Å². The maximum Gasteiger partial charge on any atom is 0.278 e. The first-order valence-electron chi connectivity index (χ1n) is 3.19. The van der Waals surface area contributed by atoms with E-state index in [2.05, 4.69) is 4.74 Å². The van der Waals surface area contributed by atoms with E-state index in [-0.39, 0.29) is 0 Å². The molecule has 3 nitrogen and oxygen atoms in total. The zero-order valence-corrected chi connectivity index (χ0v) is 5.50. The van der Waals surface area contributed by atoms with Gasteiger partial charge in [0.25, 0.3) is 5.97 Å². The van der Waals surface area contributed by atoms with E-state index in [4.69, 9.17) is 10.2 Å². The Bertz CT molecular complexity index is 100. The average Bonchev–Trinajstić information content (AvgIpc) is 1.60. The van der Waals surface area contributed by atoms with Gasteiger partial charge >= 0.3 is 0 Å². The smallest absolute Gasteiger partial charge is 0.278 e. The molecule has 0 aliphatic carbocycles. The molecule has 9 heavy (non-hydrogen) atoms. The van der Waals surface area contributed by atoms with Crippen molar-refractivity contribution >= 4 is 0 Å². The molecule has 1 saturated heterocycles. The Morgan fingerprint density at radius 1 is 1.56 bits per heavy atom. The summed E-state index contributed by atoms with van der Waals surface area (Å²) < 4.78 is 4.65. The molecule has 0 aromatic rings. The van der Waals surface area contributed by atoms with Crippen molar-refractivity contribution in [2.24, 2.45) is 5.92 Å². The quantitative estimate of drug-likeness (QED) is 0.458. The van der Waals surface area contributed by atoms with Gasteiger partial charge in [-0.15, -0.1) is 0 Å². The third-order valence-electron chi connectivity index (χ3n) is 1.56. The van der Waals surface area contributed by atoms with E-state index in [1.165, 1.54) is 0 Å². The zero-order valence-electron chi connectivity index (χ0n) is 5.50. The Morgan fingerprint density at radius 2 is 2.22 bits per heavy atom. The van der Waals surface area contributed by atoms with Crippen molar-refractivity contribution in [1.29, 1.82) is 0 Å². The molecule has 0 bridgehead atoms. The third kappa shape index (κ3) is 1.93. The van der Waals surface area contributed by atoms with Crippen molar-refractivity contribution in [3.05, 3.63) is 0 Å². The van der Waals surface area contributed by atoms with Crippen LogP contribution in [-0.4, -0.2) is 22.8 Å². The molecule has 1 atom stereocenters. The maximum atomic E-state index is 8.88. The minimum atomic E-state index is -1.85. The van der Waals surface area contributed by atoms with Crippen LogP contribution in [0.25, 0.3) is 0 Å². The van der Waals surface area contributed by atoms with Gasteiger partial charge in [0.05, 0.1) is 6.61 Å². The van der Waals surface area contributed by atoms with E-state index in [1.54, 1.807) is 0 Å². The van der Waals surface area contributed by atoms with Crippen LogP contribution >= 0.6 is 0 Å². The Balaban J connectivity index is 2.41. The van der Waals surface area contributed by atoms with Gasteiger partial charge < -0.3 is 14.9 Å². The SMILES string of the molecule is CC1CCOC(O)(O)C1. The standard InChI is InChI=1S/C6H12O3/c1-5-2-3-9-6(7,8)4-5/h5,7-8H,2-4H2,1H3. The summed E-state index contributed by atoms with van der Waals surface area (Å²) >= 11 is 0. The minimum Gasteiger partial charge on any atom is -0.343 e. The van der Waals surface area contributed by atoms with Crippen LogP contribution in [0.15, 0.2) is 0 Å². The lowest BCUT2D eigenvalue weighted by molar-refractivity contribution is -0.358. The summed E-state index contributed by atoms with van der Waals surface area (Å²) in [5.74, 6) is -1.49. The normalized spacial score (nSPS) is 34.3. The average molecular weight is 132 g/mol. The summed E-state index contributed by atoms with van der Waals surface area (Å²) in [6.45, 7) is 2.43. The van der Waals surface area contributed by atoms with Gasteiger partial charge in [0.2, 0.25) is 0 Å². The van der Waals surface area contributed by atoms with Gasteiger partial charge in [-0.2, -0.15) is 0 Å². The van der Waals surface area contributed by atoms with Crippen molar-refractivity contribution in [2.75, 3.05) is 6.61 Å². The summed E-state index contributed by atoms with van der Waals surface area (Å²) in [5, 5.41) is 17.8. The summed E-state index contributed by atoms with van der Waals surface area (Å²) in [5.41, 5.74) is 0. The van der Waals surface area contributed by atoms with Crippen molar-refractivity contribution < 1.29 is 14.9 Å². The lowest BCUT2D eigenvalue weighted by Crippen LogP contribution is -2.38. The van der Waals surface area contributed by atoms with Crippen LogP contribution in [-0.2, 0) is 4.74 Å². The second kappa shape index (κ2) is 2.25. The van der Waals surface area contributed by atoms with Gasteiger partial charge in [0.15, 0.2) is 0 Å². The van der Waals surface area contributed by atoms with Gasteiger partial charge in [-0.1, -0.05) is 6.92 Å². The Hall–Kier alpha value is -0.120. The second-order valence-electron chi connectivity index (χ2n) is 2.69. The van der Waals surface area contributed by atoms with E-state index in [0.717, 1.165) is 6.42 Å². The third-order valence-corrected chi connectivity index (χ3v) is 1.56. The van der Waals surface area contributed by atoms with Gasteiger partial charge in [0.1, 0.15) is 0 Å². The molecular weight excluding hydrogens is 120 g/mol. The molecule has 0 aromatic carbocycles. The Morgan fingerprint density at radius 3 is 2.56 bits per heavy atom. The molecule has 0 aromatic heterocycles. The summed E-state index contributed by atoms with van der Waals surface area (Å²) in [6, 6.07) is 0. The summed E-state index contributed by atoms with van der Waals surface area (Å²) in [6.07, 6.45) is 1.25. The van der Waals surface area contributed by atoms with Crippen LogP contribution in [0.5, 0.6) is 0 Å². The molecule has 1 heterocycles. The maximum absolute atomic E-state index is 8.88. The van der Waals surface area contributed by atoms with Crippen LogP contribution in [0.2, 0.25) is 0 Å². The number of rotatable bonds is 0. The van der Waals surface area contributed by atoms with Crippen molar-refractivity contribution in [3.63, 3.8) is 0 Å². The number of ether oxygens (including phenoxy) is 1. The molecule has 0 amide bonds. The predicted molar refractivity (Wildman–Crippen MR) is 31.5 cm³/mol. The van der Waals surface area contributed by atoms with Gasteiger partial charge in [0, 0.05) is 6.42 Å². The molecule has 1 aliphatic rings. The van der Waals surface area contributed by atoms with Gasteiger partial charge in [-0.3, -0.25) is 0 Å². The fourth-order valence-electron chi connectivity index (χ4n) is 1.04. The van der Waals surface area contributed by atoms with Crippen molar-refractivity contribution in [2.45, 2.75) is 25.7 Å². The molecular formula is C6H12O3. The lowest BCUT2D eigenvalue weighted by Gasteiger charge is -2.30. The molecule has 0 saturated carbocycles. The summed E-state index contributed by atoms with van der Waals surface area (Å²) in [4.78, 5) is 0. The van der Waals surface area contributed by atoms with Crippen LogP contribution in [0.3, 0.4) is 0 Å². The molecule has 0 radical (unpaired) electrons. The van der Waals surface area contributed by atoms with Crippen molar-refractivity contribution in [3.8, 4) is 0 Å². The molecule has 3 heteroatoms. The molecule has 54 valence electrons. The predicted octanol–water partition coefficient (Wildman–Crippen LogP) is 0.0713. The van der Waals surface area contributed by atoms with Crippen LogP contribution in [0.1, 0.15) is 19.8 Å². The fourth-order valence-corrected chi connectivity index (χ4v) is 1.04. The highest BCUT2D eigenvalue weighted by Crippen LogP contribution is 2.23. The second-order valence-corrected chi connectivity index (χ2v) is 2.69. The first-order chi connectivity index (χ1) is 4.10. The van der Waals surface area contributed by atoms with Crippen LogP contribution in [0, 0.1) is 5.92 Å². The van der Waals surface area contributed by atoms with E-state index in [0.29, 0.717) is 18.9 Å². The van der Waals surface area contributed by atoms with Crippen LogP contribution < -0.4 is 0 Å². The number of aliphatic hydroxyl groups is 2. The first-order valence-corrected chi connectivity index (χ1v) is 3.19. The highest BCUT2D eigenvalue weighted by molar-refractivity contribution is 4.64. The summed E-state index contributed by atoms with van der Waals surface area (Å²) in [7, 11) is 0. The topological polar surface area (TPSA) is 49.7 Å². The van der Waals surface area contributed by atoms with E-state index in [9.17, 15) is 0 Å². The molecule has 1 unspecified atom stereocenters. The molecule has 1 rings (SSSR count). The highest BCUT2D eigenvalue weighted by atomic mass is 16.8. The van der Waals surface area contributed by atoms with Crippen molar-refractivity contribution in [1.82, 2.24) is 0 Å². The number of hydrogen-bond acceptors (Lipinski definition) is 3. The molecule has 0 spiro atoms. The largest absolute Gasteiger partial charge is 0.343 e.